The number of rotatable bonds is 6. The standard InChI is InChI=1S/C16H17ClN2O4/c1-9(2)15-14(18-8-23-15)16(22)19-12(7-13(20)21)10-5-3-4-6-11(10)17/h3-6,8-9,12H,7H2,1-2H3,(H,19,22)(H,20,21)/t12-/m0/s1. The van der Waals surface area contributed by atoms with Crippen molar-refractivity contribution in [1.82, 2.24) is 10.3 Å². The number of benzene rings is 1. The fourth-order valence-electron chi connectivity index (χ4n) is 2.23. The van der Waals surface area contributed by atoms with Crippen LogP contribution in [0.5, 0.6) is 0 Å². The number of amides is 1. The van der Waals surface area contributed by atoms with E-state index >= 15 is 0 Å². The molecule has 0 fully saturated rings. The first-order valence-corrected chi connectivity index (χ1v) is 7.48. The summed E-state index contributed by atoms with van der Waals surface area (Å²) in [6.07, 6.45) is 0.913. The summed E-state index contributed by atoms with van der Waals surface area (Å²) < 4.78 is 5.22. The number of nitrogens with one attached hydrogen (secondary N) is 1. The number of aromatic nitrogens is 1. The lowest BCUT2D eigenvalue weighted by Gasteiger charge is -2.18. The average Bonchev–Trinajstić information content (AvgIpc) is 2.96. The van der Waals surface area contributed by atoms with E-state index in [9.17, 15) is 9.59 Å². The molecule has 0 aliphatic rings. The van der Waals surface area contributed by atoms with Crippen LogP contribution in [0.2, 0.25) is 5.02 Å². The van der Waals surface area contributed by atoms with E-state index in [0.717, 1.165) is 0 Å². The second-order valence-corrected chi connectivity index (χ2v) is 5.77. The Morgan fingerprint density at radius 3 is 2.65 bits per heavy atom. The molecule has 1 atom stereocenters. The van der Waals surface area contributed by atoms with Gasteiger partial charge in [-0.05, 0) is 11.6 Å². The van der Waals surface area contributed by atoms with E-state index in [4.69, 9.17) is 21.1 Å². The van der Waals surface area contributed by atoms with Crippen molar-refractivity contribution in [2.24, 2.45) is 0 Å². The molecular formula is C16H17ClN2O4. The maximum absolute atomic E-state index is 12.4. The van der Waals surface area contributed by atoms with Crippen molar-refractivity contribution in [1.29, 1.82) is 0 Å². The molecule has 23 heavy (non-hydrogen) atoms. The van der Waals surface area contributed by atoms with Crippen LogP contribution in [0.4, 0.5) is 0 Å². The molecule has 0 unspecified atom stereocenters. The van der Waals surface area contributed by atoms with E-state index in [2.05, 4.69) is 10.3 Å². The maximum atomic E-state index is 12.4. The zero-order valence-corrected chi connectivity index (χ0v) is 13.5. The fourth-order valence-corrected chi connectivity index (χ4v) is 2.50. The van der Waals surface area contributed by atoms with Crippen LogP contribution in [0.1, 0.15) is 54.0 Å². The minimum atomic E-state index is -1.04. The highest BCUT2D eigenvalue weighted by atomic mass is 35.5. The lowest BCUT2D eigenvalue weighted by atomic mass is 10.0. The first-order chi connectivity index (χ1) is 10.9. The molecule has 2 rings (SSSR count). The van der Waals surface area contributed by atoms with Crippen molar-refractivity contribution in [2.45, 2.75) is 32.2 Å². The van der Waals surface area contributed by atoms with Gasteiger partial charge in [-0.2, -0.15) is 0 Å². The van der Waals surface area contributed by atoms with Gasteiger partial charge in [-0.3, -0.25) is 9.59 Å². The third-order valence-corrected chi connectivity index (χ3v) is 3.64. The monoisotopic (exact) mass is 336 g/mol. The number of carboxylic acids is 1. The molecule has 7 heteroatoms. The Hall–Kier alpha value is -2.34. The fraction of sp³-hybridized carbons (Fsp3) is 0.312. The second kappa shape index (κ2) is 7.28. The summed E-state index contributed by atoms with van der Waals surface area (Å²) in [6.45, 7) is 3.75. The summed E-state index contributed by atoms with van der Waals surface area (Å²) in [5, 5.41) is 12.2. The molecule has 1 heterocycles. The molecular weight excluding hydrogens is 320 g/mol. The first kappa shape index (κ1) is 17.0. The van der Waals surface area contributed by atoms with E-state index in [1.807, 2.05) is 13.8 Å². The number of aliphatic carboxylic acids is 1. The zero-order valence-electron chi connectivity index (χ0n) is 12.7. The number of carbonyl (C=O) groups is 2. The summed E-state index contributed by atoms with van der Waals surface area (Å²) >= 11 is 6.11. The molecule has 0 aliphatic heterocycles. The SMILES string of the molecule is CC(C)c1ocnc1C(=O)N[C@@H](CC(=O)O)c1ccccc1Cl. The van der Waals surface area contributed by atoms with Gasteiger partial charge in [-0.15, -0.1) is 0 Å². The second-order valence-electron chi connectivity index (χ2n) is 5.37. The molecule has 0 bridgehead atoms. The number of nitrogens with zero attached hydrogens (tertiary/aromatic N) is 1. The van der Waals surface area contributed by atoms with E-state index in [1.165, 1.54) is 6.39 Å². The number of carboxylic acid groups (broad SMARTS) is 1. The highest BCUT2D eigenvalue weighted by Crippen LogP contribution is 2.26. The summed E-state index contributed by atoms with van der Waals surface area (Å²) in [5.74, 6) is -1.10. The van der Waals surface area contributed by atoms with Crippen LogP contribution >= 0.6 is 11.6 Å². The van der Waals surface area contributed by atoms with Crippen molar-refractivity contribution < 1.29 is 19.1 Å². The molecule has 2 aromatic rings. The van der Waals surface area contributed by atoms with Gasteiger partial charge in [0.2, 0.25) is 0 Å². The minimum Gasteiger partial charge on any atom is -0.481 e. The Labute approximate surface area is 138 Å². The number of halogens is 1. The Balaban J connectivity index is 2.28. The Kier molecular flexibility index (Phi) is 5.39. The molecule has 1 aromatic heterocycles. The molecule has 1 amide bonds. The van der Waals surface area contributed by atoms with Crippen molar-refractivity contribution >= 4 is 23.5 Å². The lowest BCUT2D eigenvalue weighted by Crippen LogP contribution is -2.31. The van der Waals surface area contributed by atoms with Crippen molar-refractivity contribution in [3.63, 3.8) is 0 Å². The smallest absolute Gasteiger partial charge is 0.305 e. The largest absolute Gasteiger partial charge is 0.481 e. The highest BCUT2D eigenvalue weighted by Gasteiger charge is 2.25. The van der Waals surface area contributed by atoms with Crippen molar-refractivity contribution in [2.75, 3.05) is 0 Å². The molecule has 2 N–H and O–H groups in total. The maximum Gasteiger partial charge on any atom is 0.305 e. The summed E-state index contributed by atoms with van der Waals surface area (Å²) in [6, 6.07) is 6.04. The van der Waals surface area contributed by atoms with Gasteiger partial charge in [-0.25, -0.2) is 4.98 Å². The van der Waals surface area contributed by atoms with Crippen LogP contribution in [0.15, 0.2) is 35.1 Å². The van der Waals surface area contributed by atoms with Gasteiger partial charge in [0.05, 0.1) is 12.5 Å². The molecule has 122 valence electrons. The van der Waals surface area contributed by atoms with Crippen LogP contribution in [0.25, 0.3) is 0 Å². The van der Waals surface area contributed by atoms with Gasteiger partial charge in [0.25, 0.3) is 5.91 Å². The quantitative estimate of drug-likeness (QED) is 0.843. The van der Waals surface area contributed by atoms with Crippen LogP contribution in [-0.2, 0) is 4.79 Å². The first-order valence-electron chi connectivity index (χ1n) is 7.10. The average molecular weight is 337 g/mol. The predicted molar refractivity (Wildman–Crippen MR) is 84.5 cm³/mol. The Bertz CT molecular complexity index is 712. The van der Waals surface area contributed by atoms with Crippen molar-refractivity contribution in [3.05, 3.63) is 52.7 Å². The number of carbonyl (C=O) groups excluding carboxylic acids is 1. The molecule has 0 radical (unpaired) electrons. The van der Waals surface area contributed by atoms with Gasteiger partial charge in [0.15, 0.2) is 12.1 Å². The number of hydrogen-bond donors (Lipinski definition) is 2. The number of hydrogen-bond acceptors (Lipinski definition) is 4. The van der Waals surface area contributed by atoms with Crippen LogP contribution in [-0.4, -0.2) is 22.0 Å². The van der Waals surface area contributed by atoms with Crippen LogP contribution in [0, 0.1) is 0 Å². The van der Waals surface area contributed by atoms with Gasteiger partial charge in [-0.1, -0.05) is 43.6 Å². The number of oxazole rings is 1. The van der Waals surface area contributed by atoms with E-state index in [-0.39, 0.29) is 18.0 Å². The molecule has 0 spiro atoms. The summed E-state index contributed by atoms with van der Waals surface area (Å²) in [7, 11) is 0. The predicted octanol–water partition coefficient (Wildman–Crippen LogP) is 3.40. The summed E-state index contributed by atoms with van der Waals surface area (Å²) in [4.78, 5) is 27.5. The van der Waals surface area contributed by atoms with Crippen LogP contribution < -0.4 is 5.32 Å². The molecule has 1 aromatic carbocycles. The molecule has 0 aliphatic carbocycles. The topological polar surface area (TPSA) is 92.4 Å². The molecule has 0 saturated carbocycles. The van der Waals surface area contributed by atoms with E-state index < -0.39 is 17.9 Å². The zero-order chi connectivity index (χ0) is 17.0. The van der Waals surface area contributed by atoms with Crippen LogP contribution in [0.3, 0.4) is 0 Å². The lowest BCUT2D eigenvalue weighted by molar-refractivity contribution is -0.137. The highest BCUT2D eigenvalue weighted by molar-refractivity contribution is 6.31. The van der Waals surface area contributed by atoms with E-state index in [1.54, 1.807) is 24.3 Å². The molecule has 0 saturated heterocycles. The van der Waals surface area contributed by atoms with Gasteiger partial charge in [0.1, 0.15) is 5.76 Å². The van der Waals surface area contributed by atoms with Gasteiger partial charge < -0.3 is 14.8 Å². The Morgan fingerprint density at radius 1 is 1.35 bits per heavy atom. The third kappa shape index (κ3) is 4.10. The van der Waals surface area contributed by atoms with Gasteiger partial charge >= 0.3 is 5.97 Å². The summed E-state index contributed by atoms with van der Waals surface area (Å²) in [5.41, 5.74) is 0.696. The normalized spacial score (nSPS) is 12.2. The van der Waals surface area contributed by atoms with Gasteiger partial charge in [0, 0.05) is 10.9 Å². The third-order valence-electron chi connectivity index (χ3n) is 3.30. The van der Waals surface area contributed by atoms with Crippen molar-refractivity contribution in [3.8, 4) is 0 Å². The molecule has 6 nitrogen and oxygen atoms in total. The Morgan fingerprint density at radius 2 is 2.04 bits per heavy atom. The van der Waals surface area contributed by atoms with E-state index in [0.29, 0.717) is 16.3 Å². The minimum absolute atomic E-state index is 0.0171.